The van der Waals surface area contributed by atoms with Gasteiger partial charge < -0.3 is 4.90 Å². The van der Waals surface area contributed by atoms with Gasteiger partial charge in [-0.15, -0.1) is 0 Å². The van der Waals surface area contributed by atoms with Gasteiger partial charge in [-0.05, 0) is 62.2 Å². The average molecular weight is 291 g/mol. The van der Waals surface area contributed by atoms with E-state index in [1.54, 1.807) is 22.3 Å². The van der Waals surface area contributed by atoms with Crippen LogP contribution in [0.5, 0.6) is 0 Å². The summed E-state index contributed by atoms with van der Waals surface area (Å²) in [5.41, 5.74) is 6.71. The fourth-order valence-electron chi connectivity index (χ4n) is 4.80. The topological polar surface area (TPSA) is 3.24 Å². The summed E-state index contributed by atoms with van der Waals surface area (Å²) in [7, 11) is 4.34. The summed E-state index contributed by atoms with van der Waals surface area (Å²) in [5.74, 6) is 0.640. The number of unbranched alkanes of at least 4 members (excludes halogenated alkanes) is 1. The summed E-state index contributed by atoms with van der Waals surface area (Å²) in [6.07, 6.45) is 5.20. The van der Waals surface area contributed by atoms with Crippen LogP contribution in [-0.4, -0.2) is 25.5 Å². The molecule has 0 radical (unpaired) electrons. The molecule has 0 atom stereocenters. The number of hydrogen-bond acceptors (Lipinski definition) is 1. The highest BCUT2D eigenvalue weighted by Gasteiger charge is 2.51. The van der Waals surface area contributed by atoms with Crippen molar-refractivity contribution in [3.63, 3.8) is 0 Å². The highest BCUT2D eigenvalue weighted by atomic mass is 15.0. The number of fused-ring (bicyclic) bond motifs is 8. The van der Waals surface area contributed by atoms with Gasteiger partial charge in [0.2, 0.25) is 0 Å². The molecular weight excluding hydrogens is 266 g/mol. The standard InChI is InChI=1S/C21H25N/c1-22(2)14-8-7-13-21-15-18(16-9-3-5-11-19(16)21)17-10-4-6-12-20(17)21/h3-6,9-12,18H,7-8,13-15H2,1-2H3. The van der Waals surface area contributed by atoms with Gasteiger partial charge >= 0.3 is 0 Å². The van der Waals surface area contributed by atoms with E-state index in [0.29, 0.717) is 11.3 Å². The maximum absolute atomic E-state index is 2.39. The van der Waals surface area contributed by atoms with Gasteiger partial charge in [0.25, 0.3) is 0 Å². The highest BCUT2D eigenvalue weighted by Crippen LogP contribution is 2.61. The zero-order chi connectivity index (χ0) is 15.2. The van der Waals surface area contributed by atoms with Crippen molar-refractivity contribution >= 4 is 0 Å². The lowest BCUT2D eigenvalue weighted by Gasteiger charge is -2.31. The lowest BCUT2D eigenvalue weighted by molar-refractivity contribution is 0.373. The van der Waals surface area contributed by atoms with Crippen LogP contribution in [0.15, 0.2) is 48.5 Å². The van der Waals surface area contributed by atoms with Gasteiger partial charge in [0, 0.05) is 11.3 Å². The largest absolute Gasteiger partial charge is 0.309 e. The van der Waals surface area contributed by atoms with Gasteiger partial charge in [0.05, 0.1) is 0 Å². The van der Waals surface area contributed by atoms with E-state index < -0.39 is 0 Å². The van der Waals surface area contributed by atoms with Crippen LogP contribution in [0.3, 0.4) is 0 Å². The van der Waals surface area contributed by atoms with Crippen LogP contribution < -0.4 is 0 Å². The molecule has 1 heteroatoms. The van der Waals surface area contributed by atoms with Crippen LogP contribution >= 0.6 is 0 Å². The molecule has 2 aromatic rings. The Morgan fingerprint density at radius 1 is 0.909 bits per heavy atom. The monoisotopic (exact) mass is 291 g/mol. The molecular formula is C21H25N. The zero-order valence-corrected chi connectivity index (χ0v) is 13.7. The van der Waals surface area contributed by atoms with Crippen molar-refractivity contribution in [2.24, 2.45) is 0 Å². The lowest BCUT2D eigenvalue weighted by Crippen LogP contribution is -2.24. The maximum atomic E-state index is 2.39. The molecule has 0 amide bonds. The number of rotatable bonds is 5. The Bertz CT molecular complexity index is 638. The molecule has 0 spiro atoms. The summed E-state index contributed by atoms with van der Waals surface area (Å²) in [4.78, 5) is 2.30. The molecule has 22 heavy (non-hydrogen) atoms. The summed E-state index contributed by atoms with van der Waals surface area (Å²) < 4.78 is 0. The van der Waals surface area contributed by atoms with Crippen molar-refractivity contribution in [3.8, 4) is 0 Å². The second kappa shape index (κ2) is 5.24. The smallest absolute Gasteiger partial charge is 0.0217 e. The SMILES string of the molecule is CN(C)CCCCC12CC(c3ccccc31)c1ccccc12. The quantitative estimate of drug-likeness (QED) is 0.730. The third-order valence-corrected chi connectivity index (χ3v) is 5.72. The van der Waals surface area contributed by atoms with Crippen LogP contribution in [0.25, 0.3) is 0 Å². The van der Waals surface area contributed by atoms with Crippen LogP contribution in [0.2, 0.25) is 0 Å². The van der Waals surface area contributed by atoms with E-state index in [9.17, 15) is 0 Å². The minimum atomic E-state index is 0.296. The molecule has 2 aliphatic rings. The van der Waals surface area contributed by atoms with Crippen molar-refractivity contribution in [2.45, 2.75) is 37.0 Å². The van der Waals surface area contributed by atoms with E-state index in [1.807, 2.05) is 0 Å². The molecule has 0 saturated carbocycles. The van der Waals surface area contributed by atoms with Crippen LogP contribution in [0.4, 0.5) is 0 Å². The first-order valence-corrected chi connectivity index (χ1v) is 8.56. The van der Waals surface area contributed by atoms with Crippen LogP contribution in [0, 0.1) is 0 Å². The predicted molar refractivity (Wildman–Crippen MR) is 92.5 cm³/mol. The zero-order valence-electron chi connectivity index (χ0n) is 13.7. The molecule has 0 aromatic heterocycles. The molecule has 2 aliphatic carbocycles. The molecule has 0 N–H and O–H groups in total. The second-order valence-electron chi connectivity index (χ2n) is 7.27. The van der Waals surface area contributed by atoms with Gasteiger partial charge in [0.1, 0.15) is 0 Å². The fraction of sp³-hybridized carbons (Fsp3) is 0.429. The van der Waals surface area contributed by atoms with E-state index in [2.05, 4.69) is 67.5 Å². The van der Waals surface area contributed by atoms with Crippen molar-refractivity contribution in [2.75, 3.05) is 20.6 Å². The van der Waals surface area contributed by atoms with Gasteiger partial charge in [-0.3, -0.25) is 0 Å². The van der Waals surface area contributed by atoms with E-state index in [-0.39, 0.29) is 0 Å². The number of nitrogens with zero attached hydrogens (tertiary/aromatic N) is 1. The number of hydrogen-bond donors (Lipinski definition) is 0. The Hall–Kier alpha value is -1.60. The van der Waals surface area contributed by atoms with Crippen LogP contribution in [-0.2, 0) is 5.41 Å². The normalized spacial score (nSPS) is 24.6. The first kappa shape index (κ1) is 14.0. The minimum absolute atomic E-state index is 0.296. The van der Waals surface area contributed by atoms with Crippen molar-refractivity contribution < 1.29 is 0 Å². The Kier molecular flexibility index (Phi) is 3.34. The average Bonchev–Trinajstić information content (AvgIpc) is 3.04. The van der Waals surface area contributed by atoms with Crippen molar-refractivity contribution in [1.29, 1.82) is 0 Å². The lowest BCUT2D eigenvalue weighted by atomic mass is 9.72. The van der Waals surface area contributed by atoms with E-state index >= 15 is 0 Å². The summed E-state index contributed by atoms with van der Waals surface area (Å²) in [6, 6.07) is 18.4. The Morgan fingerprint density at radius 2 is 1.50 bits per heavy atom. The molecule has 0 heterocycles. The minimum Gasteiger partial charge on any atom is -0.309 e. The molecule has 0 unspecified atom stereocenters. The van der Waals surface area contributed by atoms with Gasteiger partial charge in [-0.2, -0.15) is 0 Å². The van der Waals surface area contributed by atoms with E-state index in [0.717, 1.165) is 0 Å². The Labute approximate surface area is 134 Å². The van der Waals surface area contributed by atoms with Gasteiger partial charge in [-0.25, -0.2) is 0 Å². The molecule has 4 rings (SSSR count). The van der Waals surface area contributed by atoms with Gasteiger partial charge in [0.15, 0.2) is 0 Å². The molecule has 1 nitrogen and oxygen atoms in total. The summed E-state index contributed by atoms with van der Waals surface area (Å²) in [5, 5.41) is 0. The summed E-state index contributed by atoms with van der Waals surface area (Å²) in [6.45, 7) is 1.20. The fourth-order valence-corrected chi connectivity index (χ4v) is 4.80. The number of benzene rings is 2. The van der Waals surface area contributed by atoms with Crippen LogP contribution in [0.1, 0.15) is 53.9 Å². The molecule has 114 valence electrons. The second-order valence-corrected chi connectivity index (χ2v) is 7.27. The third-order valence-electron chi connectivity index (χ3n) is 5.72. The Morgan fingerprint density at radius 3 is 2.09 bits per heavy atom. The maximum Gasteiger partial charge on any atom is 0.0217 e. The first-order valence-electron chi connectivity index (χ1n) is 8.56. The first-order chi connectivity index (χ1) is 10.7. The van der Waals surface area contributed by atoms with Crippen molar-refractivity contribution in [3.05, 3.63) is 70.8 Å². The van der Waals surface area contributed by atoms with Gasteiger partial charge in [-0.1, -0.05) is 55.0 Å². The Balaban J connectivity index is 1.69. The molecule has 0 fully saturated rings. The van der Waals surface area contributed by atoms with E-state index in [1.165, 1.54) is 32.2 Å². The third kappa shape index (κ3) is 1.95. The molecule has 2 bridgehead atoms. The van der Waals surface area contributed by atoms with E-state index in [4.69, 9.17) is 0 Å². The summed E-state index contributed by atoms with van der Waals surface area (Å²) >= 11 is 0. The molecule has 0 aliphatic heterocycles. The molecule has 2 aromatic carbocycles. The van der Waals surface area contributed by atoms with Crippen molar-refractivity contribution in [1.82, 2.24) is 4.90 Å². The highest BCUT2D eigenvalue weighted by molar-refractivity contribution is 5.62. The molecule has 0 saturated heterocycles. The predicted octanol–water partition coefficient (Wildman–Crippen LogP) is 4.55.